The first-order valence-electron chi connectivity index (χ1n) is 13.5. The van der Waals surface area contributed by atoms with Crippen LogP contribution in [0.25, 0.3) is 21.8 Å². The average Bonchev–Trinajstić information content (AvgIpc) is 2.95. The van der Waals surface area contributed by atoms with Crippen molar-refractivity contribution in [2.45, 2.75) is 51.4 Å². The molecule has 0 radical (unpaired) electrons. The van der Waals surface area contributed by atoms with Gasteiger partial charge in [-0.3, -0.25) is 9.97 Å². The second kappa shape index (κ2) is 15.3. The maximum absolute atomic E-state index is 11.7. The molecule has 4 aromatic rings. The van der Waals surface area contributed by atoms with E-state index < -0.39 is 6.16 Å². The summed E-state index contributed by atoms with van der Waals surface area (Å²) in [4.78, 5) is 20.7. The second-order valence-electron chi connectivity index (χ2n) is 9.36. The third kappa shape index (κ3) is 9.15. The number of hydrogen-bond acceptors (Lipinski definition) is 5. The maximum atomic E-state index is 11.7. The van der Waals surface area contributed by atoms with E-state index in [2.05, 4.69) is 58.5 Å². The number of carbonyl (C=O) groups is 1. The first-order valence-corrected chi connectivity index (χ1v) is 13.5. The largest absolute Gasteiger partial charge is 0.508 e. The number of pyridine rings is 2. The minimum absolute atomic E-state index is 0.396. The number of carbonyl (C=O) groups excluding carboxylic acids is 1. The third-order valence-corrected chi connectivity index (χ3v) is 6.30. The number of aromatic nitrogens is 2. The van der Waals surface area contributed by atoms with Gasteiger partial charge in [0.2, 0.25) is 0 Å². The molecule has 0 saturated carbocycles. The molecule has 5 nitrogen and oxygen atoms in total. The van der Waals surface area contributed by atoms with Gasteiger partial charge in [0.25, 0.3) is 0 Å². The number of fused-ring (bicyclic) bond motifs is 2. The van der Waals surface area contributed by atoms with Crippen LogP contribution in [0.2, 0.25) is 0 Å². The molecule has 0 amide bonds. The van der Waals surface area contributed by atoms with Crippen molar-refractivity contribution in [1.82, 2.24) is 9.97 Å². The fourth-order valence-corrected chi connectivity index (χ4v) is 4.21. The summed E-state index contributed by atoms with van der Waals surface area (Å²) in [6.45, 7) is 0.793. The van der Waals surface area contributed by atoms with Gasteiger partial charge in [0, 0.05) is 23.2 Å². The molecule has 0 aliphatic carbocycles. The standard InChI is InChI=1S/C33H36N2O3/c36-33(37-21-13-5-1-3-7-15-27-23-29-17-9-11-19-31(29)34-25-27)38-22-14-6-2-4-8-16-28-24-30-18-10-12-20-32(30)35-26-28/h3-4,7-12,17-20,23-26H,1-2,5-6,13-16,21-22H2. The Morgan fingerprint density at radius 2 is 1.11 bits per heavy atom. The molecule has 0 atom stereocenters. The molecule has 4 rings (SSSR count). The number of hydrogen-bond donors (Lipinski definition) is 0. The highest BCUT2D eigenvalue weighted by Crippen LogP contribution is 2.14. The van der Waals surface area contributed by atoms with Crippen molar-refractivity contribution in [3.8, 4) is 0 Å². The number of unbranched alkanes of at least 4 members (excludes halogenated alkanes) is 4. The van der Waals surface area contributed by atoms with Gasteiger partial charge in [-0.1, -0.05) is 60.7 Å². The van der Waals surface area contributed by atoms with Crippen LogP contribution in [0.5, 0.6) is 0 Å². The summed E-state index contributed by atoms with van der Waals surface area (Å²) in [6, 6.07) is 20.7. The molecule has 5 heteroatoms. The highest BCUT2D eigenvalue weighted by atomic mass is 16.7. The molecular weight excluding hydrogens is 472 g/mol. The monoisotopic (exact) mass is 508 g/mol. The molecule has 0 N–H and O–H groups in total. The van der Waals surface area contributed by atoms with E-state index in [-0.39, 0.29) is 0 Å². The fraction of sp³-hybridized carbons (Fsp3) is 0.303. The van der Waals surface area contributed by atoms with E-state index in [4.69, 9.17) is 9.47 Å². The number of benzene rings is 2. The summed E-state index contributed by atoms with van der Waals surface area (Å²) in [5, 5.41) is 2.34. The first kappa shape index (κ1) is 27.1. The van der Waals surface area contributed by atoms with E-state index in [0.717, 1.165) is 62.4 Å². The Kier molecular flexibility index (Phi) is 10.9. The zero-order chi connectivity index (χ0) is 26.3. The van der Waals surface area contributed by atoms with Gasteiger partial charge < -0.3 is 9.47 Å². The van der Waals surface area contributed by atoms with E-state index in [1.807, 2.05) is 48.8 Å². The minimum atomic E-state index is -0.566. The Morgan fingerprint density at radius 3 is 1.61 bits per heavy atom. The van der Waals surface area contributed by atoms with Crippen molar-refractivity contribution < 1.29 is 14.3 Å². The molecule has 0 bridgehead atoms. The molecule has 38 heavy (non-hydrogen) atoms. The van der Waals surface area contributed by atoms with Crippen molar-refractivity contribution in [3.63, 3.8) is 0 Å². The van der Waals surface area contributed by atoms with E-state index in [1.165, 1.54) is 21.9 Å². The number of nitrogens with zero attached hydrogens (tertiary/aromatic N) is 2. The van der Waals surface area contributed by atoms with E-state index in [9.17, 15) is 4.79 Å². The summed E-state index contributed by atoms with van der Waals surface area (Å²) in [6.07, 6.45) is 19.3. The van der Waals surface area contributed by atoms with E-state index in [1.54, 1.807) is 0 Å². The van der Waals surface area contributed by atoms with Crippen LogP contribution in [-0.2, 0) is 22.3 Å². The van der Waals surface area contributed by atoms with Gasteiger partial charge in [0.05, 0.1) is 24.2 Å². The lowest BCUT2D eigenvalue weighted by atomic mass is 10.1. The normalized spacial score (nSPS) is 11.6. The second-order valence-corrected chi connectivity index (χ2v) is 9.36. The van der Waals surface area contributed by atoms with Crippen LogP contribution in [0.15, 0.2) is 97.4 Å². The smallest absolute Gasteiger partial charge is 0.434 e. The Bertz CT molecular complexity index is 1260. The van der Waals surface area contributed by atoms with Crippen LogP contribution < -0.4 is 0 Å². The topological polar surface area (TPSA) is 61.3 Å². The Morgan fingerprint density at radius 1 is 0.632 bits per heavy atom. The summed E-state index contributed by atoms with van der Waals surface area (Å²) >= 11 is 0. The average molecular weight is 509 g/mol. The van der Waals surface area contributed by atoms with Crippen LogP contribution in [0.1, 0.15) is 49.7 Å². The molecule has 0 unspecified atom stereocenters. The maximum Gasteiger partial charge on any atom is 0.508 e. The van der Waals surface area contributed by atoms with Crippen LogP contribution >= 0.6 is 0 Å². The fourth-order valence-electron chi connectivity index (χ4n) is 4.21. The van der Waals surface area contributed by atoms with Crippen molar-refractivity contribution in [1.29, 1.82) is 0 Å². The van der Waals surface area contributed by atoms with Gasteiger partial charge >= 0.3 is 6.16 Å². The molecule has 2 aromatic heterocycles. The van der Waals surface area contributed by atoms with Crippen molar-refractivity contribution in [2.75, 3.05) is 13.2 Å². The van der Waals surface area contributed by atoms with Crippen LogP contribution in [-0.4, -0.2) is 29.3 Å². The molecule has 0 saturated heterocycles. The van der Waals surface area contributed by atoms with Crippen LogP contribution in [0.3, 0.4) is 0 Å². The van der Waals surface area contributed by atoms with Gasteiger partial charge in [-0.25, -0.2) is 4.79 Å². The first-order chi connectivity index (χ1) is 18.8. The van der Waals surface area contributed by atoms with Gasteiger partial charge in [-0.05, 0) is 86.8 Å². The third-order valence-electron chi connectivity index (χ3n) is 6.30. The number of para-hydroxylation sites is 2. The van der Waals surface area contributed by atoms with Gasteiger partial charge in [-0.2, -0.15) is 0 Å². The van der Waals surface area contributed by atoms with E-state index in [0.29, 0.717) is 13.2 Å². The summed E-state index contributed by atoms with van der Waals surface area (Å²) < 4.78 is 10.3. The molecular formula is C33H36N2O3. The quantitative estimate of drug-likeness (QED) is 0.0976. The Balaban J connectivity index is 0.970. The lowest BCUT2D eigenvalue weighted by Gasteiger charge is -2.05. The molecule has 0 aliphatic heterocycles. The minimum Gasteiger partial charge on any atom is -0.434 e. The SMILES string of the molecule is O=C(OCCCCC=CCc1cnc2ccccc2c1)OCCCCC=CCc1cnc2ccccc2c1. The summed E-state index contributed by atoms with van der Waals surface area (Å²) in [7, 11) is 0. The number of rotatable bonds is 14. The van der Waals surface area contributed by atoms with Crippen LogP contribution in [0, 0.1) is 0 Å². The highest BCUT2D eigenvalue weighted by molar-refractivity contribution is 5.79. The number of ether oxygens (including phenoxy) is 2. The molecule has 0 aliphatic rings. The Hall–Kier alpha value is -3.99. The summed E-state index contributed by atoms with van der Waals surface area (Å²) in [5.41, 5.74) is 4.47. The van der Waals surface area contributed by atoms with Gasteiger partial charge in [0.15, 0.2) is 0 Å². The van der Waals surface area contributed by atoms with Crippen molar-refractivity contribution in [2.24, 2.45) is 0 Å². The Labute approximate surface area is 225 Å². The van der Waals surface area contributed by atoms with Gasteiger partial charge in [-0.15, -0.1) is 0 Å². The summed E-state index contributed by atoms with van der Waals surface area (Å²) in [5.74, 6) is 0. The van der Waals surface area contributed by atoms with E-state index >= 15 is 0 Å². The predicted octanol–water partition coefficient (Wildman–Crippen LogP) is 8.17. The molecule has 196 valence electrons. The lowest BCUT2D eigenvalue weighted by Crippen LogP contribution is -2.09. The zero-order valence-corrected chi connectivity index (χ0v) is 21.9. The molecule has 2 heterocycles. The zero-order valence-electron chi connectivity index (χ0n) is 21.9. The van der Waals surface area contributed by atoms with Crippen LogP contribution in [0.4, 0.5) is 4.79 Å². The predicted molar refractivity (Wildman–Crippen MR) is 154 cm³/mol. The molecule has 2 aromatic carbocycles. The molecule has 0 fully saturated rings. The molecule has 0 spiro atoms. The van der Waals surface area contributed by atoms with Crippen molar-refractivity contribution >= 4 is 28.0 Å². The number of allylic oxidation sites excluding steroid dienone is 4. The van der Waals surface area contributed by atoms with Crippen molar-refractivity contribution in [3.05, 3.63) is 108 Å². The lowest BCUT2D eigenvalue weighted by molar-refractivity contribution is 0.0532. The highest BCUT2D eigenvalue weighted by Gasteiger charge is 2.03. The van der Waals surface area contributed by atoms with Gasteiger partial charge in [0.1, 0.15) is 0 Å².